The summed E-state index contributed by atoms with van der Waals surface area (Å²) in [5.41, 5.74) is 3.90. The fourth-order valence-electron chi connectivity index (χ4n) is 2.01. The van der Waals surface area contributed by atoms with Crippen LogP contribution < -0.4 is 21.5 Å². The highest BCUT2D eigenvalue weighted by atomic mass is 16.2. The van der Waals surface area contributed by atoms with Crippen molar-refractivity contribution in [3.8, 4) is 0 Å². The van der Waals surface area contributed by atoms with Gasteiger partial charge in [0.05, 0.1) is 17.9 Å². The number of nitrogens with two attached hydrogens (primary N) is 1. The number of amides is 2. The molecule has 1 aromatic rings. The van der Waals surface area contributed by atoms with Gasteiger partial charge in [-0.15, -0.1) is 0 Å². The molecular weight excluding hydrogens is 232 g/mol. The van der Waals surface area contributed by atoms with Crippen molar-refractivity contribution >= 4 is 23.2 Å². The Morgan fingerprint density at radius 3 is 3.00 bits per heavy atom. The number of para-hydroxylation sites is 2. The van der Waals surface area contributed by atoms with Crippen molar-refractivity contribution in [1.82, 2.24) is 5.43 Å². The average Bonchev–Trinajstić information content (AvgIpc) is 2.38. The number of hydrogen-bond donors (Lipinski definition) is 3. The van der Waals surface area contributed by atoms with Gasteiger partial charge in [-0.2, -0.15) is 0 Å². The molecule has 1 aliphatic rings. The van der Waals surface area contributed by atoms with Crippen LogP contribution in [0.1, 0.15) is 12.8 Å². The minimum atomic E-state index is -0.190. The second-order valence-electron chi connectivity index (χ2n) is 4.16. The van der Waals surface area contributed by atoms with Crippen LogP contribution in [-0.4, -0.2) is 24.9 Å². The van der Waals surface area contributed by atoms with Crippen molar-refractivity contribution in [2.45, 2.75) is 12.8 Å². The van der Waals surface area contributed by atoms with Gasteiger partial charge in [-0.3, -0.25) is 15.0 Å². The van der Waals surface area contributed by atoms with Gasteiger partial charge in [0.15, 0.2) is 0 Å². The number of benzene rings is 1. The highest BCUT2D eigenvalue weighted by Gasteiger charge is 2.20. The van der Waals surface area contributed by atoms with Crippen LogP contribution in [0.3, 0.4) is 0 Å². The minimum Gasteiger partial charge on any atom is -0.361 e. The predicted molar refractivity (Wildman–Crippen MR) is 68.8 cm³/mol. The molecule has 2 rings (SSSR count). The number of carbonyl (C=O) groups is 2. The molecule has 0 aromatic heterocycles. The van der Waals surface area contributed by atoms with Crippen LogP contribution >= 0.6 is 0 Å². The van der Waals surface area contributed by atoms with Gasteiger partial charge < -0.3 is 10.2 Å². The first-order valence-corrected chi connectivity index (χ1v) is 5.84. The molecule has 0 aliphatic carbocycles. The zero-order valence-corrected chi connectivity index (χ0v) is 9.98. The highest BCUT2D eigenvalue weighted by Crippen LogP contribution is 2.28. The molecule has 0 atom stereocenters. The van der Waals surface area contributed by atoms with Gasteiger partial charge >= 0.3 is 0 Å². The molecule has 1 aromatic carbocycles. The first kappa shape index (κ1) is 12.4. The summed E-state index contributed by atoms with van der Waals surface area (Å²) in [5.74, 6) is 4.79. The monoisotopic (exact) mass is 248 g/mol. The summed E-state index contributed by atoms with van der Waals surface area (Å²) in [5, 5.41) is 2.82. The van der Waals surface area contributed by atoms with E-state index in [2.05, 4.69) is 10.7 Å². The Bertz CT molecular complexity index is 461. The molecule has 0 bridgehead atoms. The Kier molecular flexibility index (Phi) is 3.78. The van der Waals surface area contributed by atoms with Crippen LogP contribution in [-0.2, 0) is 9.59 Å². The average molecular weight is 248 g/mol. The normalized spacial score (nSPS) is 13.8. The van der Waals surface area contributed by atoms with E-state index in [1.54, 1.807) is 0 Å². The van der Waals surface area contributed by atoms with E-state index in [-0.39, 0.29) is 11.8 Å². The van der Waals surface area contributed by atoms with E-state index in [1.807, 2.05) is 29.2 Å². The SMILES string of the molecule is NNC(=O)CCCN1CC(=O)Nc2ccccc21. The maximum absolute atomic E-state index is 11.5. The zero-order chi connectivity index (χ0) is 13.0. The molecule has 2 amide bonds. The van der Waals surface area contributed by atoms with E-state index in [9.17, 15) is 9.59 Å². The summed E-state index contributed by atoms with van der Waals surface area (Å²) in [6, 6.07) is 7.63. The van der Waals surface area contributed by atoms with E-state index < -0.39 is 0 Å². The molecule has 1 aliphatic heterocycles. The van der Waals surface area contributed by atoms with Crippen molar-refractivity contribution in [2.24, 2.45) is 5.84 Å². The lowest BCUT2D eigenvalue weighted by atomic mass is 10.1. The molecule has 0 saturated carbocycles. The number of fused-ring (bicyclic) bond motifs is 1. The Labute approximate surface area is 105 Å². The minimum absolute atomic E-state index is 0.0306. The summed E-state index contributed by atoms with van der Waals surface area (Å²) in [7, 11) is 0. The number of carbonyl (C=O) groups excluding carboxylic acids is 2. The third kappa shape index (κ3) is 2.78. The summed E-state index contributed by atoms with van der Waals surface area (Å²) >= 11 is 0. The van der Waals surface area contributed by atoms with Crippen molar-refractivity contribution in [3.63, 3.8) is 0 Å². The van der Waals surface area contributed by atoms with Crippen molar-refractivity contribution in [3.05, 3.63) is 24.3 Å². The smallest absolute Gasteiger partial charge is 0.243 e. The Morgan fingerprint density at radius 2 is 2.22 bits per heavy atom. The maximum atomic E-state index is 11.5. The van der Waals surface area contributed by atoms with Gasteiger partial charge in [0, 0.05) is 13.0 Å². The summed E-state index contributed by atoms with van der Waals surface area (Å²) in [6.45, 7) is 0.971. The van der Waals surface area contributed by atoms with Crippen LogP contribution in [0.4, 0.5) is 11.4 Å². The molecule has 0 unspecified atom stereocenters. The summed E-state index contributed by atoms with van der Waals surface area (Å²) in [4.78, 5) is 24.5. The van der Waals surface area contributed by atoms with Gasteiger partial charge in [-0.1, -0.05) is 12.1 Å². The van der Waals surface area contributed by atoms with Gasteiger partial charge in [0.25, 0.3) is 0 Å². The molecule has 4 N–H and O–H groups in total. The largest absolute Gasteiger partial charge is 0.361 e. The second kappa shape index (κ2) is 5.50. The van der Waals surface area contributed by atoms with E-state index in [1.165, 1.54) is 0 Å². The van der Waals surface area contributed by atoms with E-state index in [0.717, 1.165) is 11.4 Å². The first-order valence-electron chi connectivity index (χ1n) is 5.84. The third-order valence-corrected chi connectivity index (χ3v) is 2.85. The summed E-state index contributed by atoms with van der Waals surface area (Å²) < 4.78 is 0. The quantitative estimate of drug-likeness (QED) is 0.404. The van der Waals surface area contributed by atoms with Crippen molar-refractivity contribution in [1.29, 1.82) is 0 Å². The topological polar surface area (TPSA) is 87.5 Å². The van der Waals surface area contributed by atoms with Crippen LogP contribution in [0.5, 0.6) is 0 Å². The molecular formula is C12H16N4O2. The number of hydrogen-bond acceptors (Lipinski definition) is 4. The number of anilines is 2. The van der Waals surface area contributed by atoms with Crippen LogP contribution in [0, 0.1) is 0 Å². The van der Waals surface area contributed by atoms with Gasteiger partial charge in [-0.05, 0) is 18.6 Å². The molecule has 0 fully saturated rings. The molecule has 6 heteroatoms. The number of nitrogens with one attached hydrogen (secondary N) is 2. The van der Waals surface area contributed by atoms with E-state index in [0.29, 0.717) is 25.9 Å². The molecule has 6 nitrogen and oxygen atoms in total. The van der Waals surface area contributed by atoms with Crippen molar-refractivity contribution < 1.29 is 9.59 Å². The van der Waals surface area contributed by atoms with Crippen LogP contribution in [0.2, 0.25) is 0 Å². The van der Waals surface area contributed by atoms with Crippen molar-refractivity contribution in [2.75, 3.05) is 23.3 Å². The molecule has 0 spiro atoms. The predicted octanol–water partition coefficient (Wildman–Crippen LogP) is 0.215. The summed E-state index contributed by atoms with van der Waals surface area (Å²) in [6.07, 6.45) is 1.02. The molecule has 0 radical (unpaired) electrons. The maximum Gasteiger partial charge on any atom is 0.243 e. The standard InChI is InChI=1S/C12H16N4O2/c13-15-11(17)6-3-7-16-8-12(18)14-9-4-1-2-5-10(9)16/h1-2,4-5H,3,6-8,13H2,(H,14,18)(H,15,17). The molecule has 1 heterocycles. The lowest BCUT2D eigenvalue weighted by molar-refractivity contribution is -0.121. The Morgan fingerprint density at radius 1 is 1.44 bits per heavy atom. The van der Waals surface area contributed by atoms with Gasteiger partial charge in [0.1, 0.15) is 0 Å². The first-order chi connectivity index (χ1) is 8.70. The highest BCUT2D eigenvalue weighted by molar-refractivity contribution is 6.01. The fourth-order valence-corrected chi connectivity index (χ4v) is 2.01. The van der Waals surface area contributed by atoms with Crippen LogP contribution in [0.25, 0.3) is 0 Å². The zero-order valence-electron chi connectivity index (χ0n) is 9.98. The van der Waals surface area contributed by atoms with Gasteiger partial charge in [0.2, 0.25) is 11.8 Å². The Balaban J connectivity index is 2.00. The number of nitrogens with zero attached hydrogens (tertiary/aromatic N) is 1. The fraction of sp³-hybridized carbons (Fsp3) is 0.333. The number of hydrazine groups is 1. The molecule has 18 heavy (non-hydrogen) atoms. The molecule has 96 valence electrons. The molecule has 0 saturated heterocycles. The van der Waals surface area contributed by atoms with E-state index >= 15 is 0 Å². The third-order valence-electron chi connectivity index (χ3n) is 2.85. The van der Waals surface area contributed by atoms with E-state index in [4.69, 9.17) is 5.84 Å². The van der Waals surface area contributed by atoms with Crippen LogP contribution in [0.15, 0.2) is 24.3 Å². The lowest BCUT2D eigenvalue weighted by Gasteiger charge is -2.30. The van der Waals surface area contributed by atoms with Gasteiger partial charge in [-0.25, -0.2) is 5.84 Å². The lowest BCUT2D eigenvalue weighted by Crippen LogP contribution is -2.39. The second-order valence-corrected chi connectivity index (χ2v) is 4.16. The number of rotatable bonds is 4. The Hall–Kier alpha value is -2.08.